The fraction of sp³-hybridized carbons (Fsp3) is 0.476. The van der Waals surface area contributed by atoms with E-state index in [1.807, 2.05) is 4.90 Å². The maximum atomic E-state index is 14.3. The van der Waals surface area contributed by atoms with Crippen molar-refractivity contribution < 1.29 is 13.9 Å². The van der Waals surface area contributed by atoms with Crippen LogP contribution in [0.3, 0.4) is 0 Å². The van der Waals surface area contributed by atoms with E-state index in [0.717, 1.165) is 17.7 Å². The van der Waals surface area contributed by atoms with Crippen molar-refractivity contribution in [1.29, 1.82) is 0 Å². The van der Waals surface area contributed by atoms with Crippen LogP contribution in [0.25, 0.3) is 0 Å². The molecule has 0 atom stereocenters. The predicted octanol–water partition coefficient (Wildman–Crippen LogP) is 2.32. The fourth-order valence-corrected chi connectivity index (χ4v) is 4.75. The van der Waals surface area contributed by atoms with Crippen LogP contribution in [0.1, 0.15) is 42.5 Å². The zero-order valence-corrected chi connectivity index (χ0v) is 15.7. The van der Waals surface area contributed by atoms with Crippen molar-refractivity contribution in [3.63, 3.8) is 0 Å². The molecule has 1 aliphatic carbocycles. The second-order valence-electron chi connectivity index (χ2n) is 8.05. The Hall–Kier alpha value is -2.54. The summed E-state index contributed by atoms with van der Waals surface area (Å²) in [5, 5.41) is 0. The molecule has 0 unspecified atom stereocenters. The molecule has 2 fully saturated rings. The molecular weight excluding hydrogens is 359 g/mol. The molecule has 1 saturated heterocycles. The summed E-state index contributed by atoms with van der Waals surface area (Å²) in [5.74, 6) is -0.0113. The van der Waals surface area contributed by atoms with Gasteiger partial charge in [-0.15, -0.1) is 0 Å². The van der Waals surface area contributed by atoms with Crippen LogP contribution in [0.4, 0.5) is 10.3 Å². The smallest absolute Gasteiger partial charge is 0.233 e. The Morgan fingerprint density at radius 3 is 2.64 bits per heavy atom. The number of piperidine rings is 1. The number of likely N-dealkylation sites (tertiary alicyclic amines) is 1. The molecular formula is C21H23FN4O2. The first-order chi connectivity index (χ1) is 13.5. The molecule has 5 rings (SSSR count). The molecule has 1 spiro atoms. The molecule has 2 N–H and O–H groups in total. The maximum Gasteiger partial charge on any atom is 0.233 e. The van der Waals surface area contributed by atoms with Gasteiger partial charge in [0.25, 0.3) is 0 Å². The summed E-state index contributed by atoms with van der Waals surface area (Å²) in [7, 11) is 0. The molecule has 146 valence electrons. The van der Waals surface area contributed by atoms with E-state index in [4.69, 9.17) is 10.5 Å². The third-order valence-electron chi connectivity index (χ3n) is 6.47. The summed E-state index contributed by atoms with van der Waals surface area (Å²) in [6, 6.07) is 6.64. The van der Waals surface area contributed by atoms with Crippen LogP contribution in [0.2, 0.25) is 0 Å². The Labute approximate surface area is 162 Å². The maximum absolute atomic E-state index is 14.3. The quantitative estimate of drug-likeness (QED) is 0.862. The third-order valence-corrected chi connectivity index (χ3v) is 6.47. The van der Waals surface area contributed by atoms with Crippen molar-refractivity contribution in [2.24, 2.45) is 0 Å². The van der Waals surface area contributed by atoms with Gasteiger partial charge in [0.2, 0.25) is 11.9 Å². The predicted molar refractivity (Wildman–Crippen MR) is 101 cm³/mol. The molecule has 0 bridgehead atoms. The average molecular weight is 382 g/mol. The molecule has 1 aromatic carbocycles. The molecule has 2 aliphatic heterocycles. The second-order valence-corrected chi connectivity index (χ2v) is 8.05. The lowest BCUT2D eigenvalue weighted by Gasteiger charge is -2.44. The number of halogens is 1. The van der Waals surface area contributed by atoms with E-state index in [9.17, 15) is 9.18 Å². The zero-order chi connectivity index (χ0) is 19.4. The van der Waals surface area contributed by atoms with Gasteiger partial charge in [-0.2, -0.15) is 0 Å². The highest BCUT2D eigenvalue weighted by molar-refractivity contribution is 5.91. The van der Waals surface area contributed by atoms with Gasteiger partial charge in [0.05, 0.1) is 17.7 Å². The average Bonchev–Trinajstić information content (AvgIpc) is 3.51. The highest BCUT2D eigenvalue weighted by Crippen LogP contribution is 2.51. The minimum absolute atomic E-state index is 0.0330. The number of nitrogens with two attached hydrogens (primary N) is 1. The number of hydrogen-bond donors (Lipinski definition) is 1. The number of benzene rings is 1. The van der Waals surface area contributed by atoms with Gasteiger partial charge < -0.3 is 15.4 Å². The minimum atomic E-state index is -0.687. The van der Waals surface area contributed by atoms with Crippen LogP contribution >= 0.6 is 0 Å². The summed E-state index contributed by atoms with van der Waals surface area (Å²) in [4.78, 5) is 23.7. The van der Waals surface area contributed by atoms with E-state index >= 15 is 0 Å². The highest BCUT2D eigenvalue weighted by Gasteiger charge is 2.55. The molecule has 28 heavy (non-hydrogen) atoms. The van der Waals surface area contributed by atoms with Crippen molar-refractivity contribution in [2.45, 2.75) is 43.1 Å². The van der Waals surface area contributed by atoms with Gasteiger partial charge in [-0.05, 0) is 43.7 Å². The van der Waals surface area contributed by atoms with Gasteiger partial charge in [-0.3, -0.25) is 4.79 Å². The van der Waals surface area contributed by atoms with Crippen molar-refractivity contribution in [3.8, 4) is 0 Å². The van der Waals surface area contributed by atoms with Gasteiger partial charge in [-0.1, -0.05) is 18.2 Å². The van der Waals surface area contributed by atoms with Crippen LogP contribution in [-0.2, 0) is 27.0 Å². The number of rotatable bonds is 2. The zero-order valence-electron chi connectivity index (χ0n) is 15.7. The number of ether oxygens (including phenoxy) is 1. The molecule has 2 aromatic rings. The van der Waals surface area contributed by atoms with E-state index in [1.165, 1.54) is 6.07 Å². The Bertz CT molecular complexity index is 936. The lowest BCUT2D eigenvalue weighted by Crippen LogP contribution is -2.51. The highest BCUT2D eigenvalue weighted by atomic mass is 19.1. The van der Waals surface area contributed by atoms with E-state index in [1.54, 1.807) is 24.4 Å². The summed E-state index contributed by atoms with van der Waals surface area (Å²) in [5.41, 5.74) is 7.09. The lowest BCUT2D eigenvalue weighted by atomic mass is 9.82. The van der Waals surface area contributed by atoms with Crippen molar-refractivity contribution in [1.82, 2.24) is 14.9 Å². The number of amides is 1. The SMILES string of the molecule is Nc1ncc2c(n1)C1(CCN(C(=O)C3(c4ccccc4F)CC3)CC1)OCC2. The summed E-state index contributed by atoms with van der Waals surface area (Å²) >= 11 is 0. The molecule has 6 nitrogen and oxygen atoms in total. The van der Waals surface area contributed by atoms with E-state index in [-0.39, 0.29) is 17.7 Å². The fourth-order valence-electron chi connectivity index (χ4n) is 4.75. The minimum Gasteiger partial charge on any atom is -0.368 e. The van der Waals surface area contributed by atoms with E-state index in [2.05, 4.69) is 9.97 Å². The normalized spacial score (nSPS) is 22.0. The number of aromatic nitrogens is 2. The number of anilines is 1. The Morgan fingerprint density at radius 2 is 1.93 bits per heavy atom. The monoisotopic (exact) mass is 382 g/mol. The van der Waals surface area contributed by atoms with Gasteiger partial charge in [0, 0.05) is 24.8 Å². The number of carbonyl (C=O) groups excluding carboxylic acids is 1. The first-order valence-corrected chi connectivity index (χ1v) is 9.84. The largest absolute Gasteiger partial charge is 0.368 e. The first kappa shape index (κ1) is 17.6. The topological polar surface area (TPSA) is 81.3 Å². The Balaban J connectivity index is 1.37. The van der Waals surface area contributed by atoms with Crippen molar-refractivity contribution >= 4 is 11.9 Å². The molecule has 1 aromatic heterocycles. The van der Waals surface area contributed by atoms with Gasteiger partial charge >= 0.3 is 0 Å². The van der Waals surface area contributed by atoms with Crippen LogP contribution in [-0.4, -0.2) is 40.5 Å². The van der Waals surface area contributed by atoms with Crippen molar-refractivity contribution in [3.05, 3.63) is 53.1 Å². The molecule has 1 saturated carbocycles. The van der Waals surface area contributed by atoms with Crippen LogP contribution < -0.4 is 5.73 Å². The van der Waals surface area contributed by atoms with Crippen LogP contribution in [0, 0.1) is 5.82 Å². The summed E-state index contributed by atoms with van der Waals surface area (Å²) < 4.78 is 20.5. The molecule has 7 heteroatoms. The summed E-state index contributed by atoms with van der Waals surface area (Å²) in [6.07, 6.45) is 5.30. The van der Waals surface area contributed by atoms with E-state index < -0.39 is 11.0 Å². The number of fused-ring (bicyclic) bond motifs is 2. The number of hydrogen-bond acceptors (Lipinski definition) is 5. The number of nitrogen functional groups attached to an aromatic ring is 1. The van der Waals surface area contributed by atoms with Gasteiger partial charge in [0.15, 0.2) is 0 Å². The number of carbonyl (C=O) groups is 1. The molecule has 3 heterocycles. The molecule has 1 amide bonds. The van der Waals surface area contributed by atoms with Crippen molar-refractivity contribution in [2.75, 3.05) is 25.4 Å². The number of nitrogens with zero attached hydrogens (tertiary/aromatic N) is 3. The Morgan fingerprint density at radius 1 is 1.18 bits per heavy atom. The van der Waals surface area contributed by atoms with Crippen LogP contribution in [0.5, 0.6) is 0 Å². The third kappa shape index (κ3) is 2.60. The second kappa shape index (κ2) is 6.24. The Kier molecular flexibility index (Phi) is 3.91. The summed E-state index contributed by atoms with van der Waals surface area (Å²) in [6.45, 7) is 1.75. The van der Waals surface area contributed by atoms with Gasteiger partial charge in [-0.25, -0.2) is 14.4 Å². The van der Waals surface area contributed by atoms with Gasteiger partial charge in [0.1, 0.15) is 11.4 Å². The van der Waals surface area contributed by atoms with Crippen LogP contribution in [0.15, 0.2) is 30.5 Å². The van der Waals surface area contributed by atoms with E-state index in [0.29, 0.717) is 50.9 Å². The molecule has 3 aliphatic rings. The standard InChI is InChI=1S/C21H23FN4O2/c22-16-4-2-1-3-15(16)20(6-7-20)18(27)26-10-8-21(9-11-26)17-14(5-12-28-21)13-24-19(23)25-17/h1-4,13H,5-12H2,(H2,23,24,25). The first-order valence-electron chi connectivity index (χ1n) is 9.84. The molecule has 0 radical (unpaired) electrons. The lowest BCUT2D eigenvalue weighted by molar-refractivity contribution is -0.143.